The Hall–Kier alpha value is -8.74. The van der Waals surface area contributed by atoms with Gasteiger partial charge in [0.2, 0.25) is 6.71 Å². The standard InChI is InChI=1S/C70H61BN4O/c1-45-36-47(3)67(48(4)37-45)71(68-49(5)38-46(2)39-50(68)6)54-30-33-62-61(41-54)60-32-31-57(43-65(60)75(62)66-40-53(34-35-72-66)70(7,8)9)76-56-25-18-24-55(42-56)73-44-74(64-29-17-16-28-63(64)73)69-58(51-20-12-10-13-21-51)26-19-27-59(69)52-22-14-11-15-23-52/h10-43H,1-9H3/i10D,11D,12D,13D,14D,15D,20D,21D,22D,23D. The first-order valence-corrected chi connectivity index (χ1v) is 25.6. The zero-order chi connectivity index (χ0) is 61.1. The summed E-state index contributed by atoms with van der Waals surface area (Å²) in [6, 6.07) is 41.0. The van der Waals surface area contributed by atoms with Gasteiger partial charge in [-0.2, -0.15) is 0 Å². The number of imidazole rings is 1. The van der Waals surface area contributed by atoms with Crippen molar-refractivity contribution in [3.05, 3.63) is 251 Å². The fourth-order valence-electron chi connectivity index (χ4n) is 11.5. The average Bonchev–Trinajstić information content (AvgIpc) is 2.20. The molecule has 0 bridgehead atoms. The van der Waals surface area contributed by atoms with Crippen molar-refractivity contribution in [2.45, 2.75) is 67.7 Å². The molecule has 0 fully saturated rings. The number of hydrogen-bond acceptors (Lipinski definition) is 2. The maximum absolute atomic E-state index is 9.11. The van der Waals surface area contributed by atoms with Gasteiger partial charge in [-0.15, -0.1) is 0 Å². The first-order chi connectivity index (χ1) is 40.9. The summed E-state index contributed by atoms with van der Waals surface area (Å²) >= 11 is 0. The number of fused-ring (bicyclic) bond motifs is 4. The van der Waals surface area contributed by atoms with Crippen LogP contribution in [0.25, 0.3) is 72.3 Å². The lowest BCUT2D eigenvalue weighted by Crippen LogP contribution is -2.55. The molecule has 370 valence electrons. The maximum Gasteiger partial charge on any atom is 0.269 e. The number of para-hydroxylation sites is 3. The summed E-state index contributed by atoms with van der Waals surface area (Å²) in [5, 5.41) is 2.11. The lowest BCUT2D eigenvalue weighted by Gasteiger charge is -2.25. The van der Waals surface area contributed by atoms with Crippen molar-refractivity contribution in [1.82, 2.24) is 14.1 Å². The van der Waals surface area contributed by atoms with Crippen LogP contribution in [0.5, 0.6) is 11.5 Å². The predicted molar refractivity (Wildman–Crippen MR) is 318 cm³/mol. The molecule has 0 N–H and O–H groups in total. The summed E-state index contributed by atoms with van der Waals surface area (Å²) in [4.78, 5) is 5.03. The van der Waals surface area contributed by atoms with Gasteiger partial charge >= 0.3 is 0 Å². The monoisotopic (exact) mass is 995 g/mol. The quantitative estimate of drug-likeness (QED) is 0.0778. The molecule has 0 spiro atoms. The van der Waals surface area contributed by atoms with Crippen molar-refractivity contribution in [2.75, 3.05) is 0 Å². The van der Waals surface area contributed by atoms with Gasteiger partial charge in [-0.05, 0) is 123 Å². The van der Waals surface area contributed by atoms with Crippen molar-refractivity contribution in [3.63, 3.8) is 0 Å². The van der Waals surface area contributed by atoms with Crippen molar-refractivity contribution < 1.29 is 23.0 Å². The van der Waals surface area contributed by atoms with Crippen molar-refractivity contribution >= 4 is 55.9 Å². The van der Waals surface area contributed by atoms with Crippen LogP contribution in [0, 0.1) is 47.9 Å². The van der Waals surface area contributed by atoms with Gasteiger partial charge in [0.05, 0.1) is 47.1 Å². The molecule has 0 saturated heterocycles. The second kappa shape index (κ2) is 19.2. The van der Waals surface area contributed by atoms with Gasteiger partial charge in [0.25, 0.3) is 6.33 Å². The highest BCUT2D eigenvalue weighted by Crippen LogP contribution is 2.38. The summed E-state index contributed by atoms with van der Waals surface area (Å²) in [6.45, 7) is 19.8. The number of hydrogen-bond donors (Lipinski definition) is 0. The van der Waals surface area contributed by atoms with Crippen LogP contribution in [-0.4, -0.2) is 20.8 Å². The van der Waals surface area contributed by atoms with E-state index in [1.807, 2.05) is 65.4 Å². The van der Waals surface area contributed by atoms with Crippen LogP contribution in [0.15, 0.2) is 206 Å². The van der Waals surface area contributed by atoms with E-state index in [1.165, 1.54) is 49.8 Å². The summed E-state index contributed by atoms with van der Waals surface area (Å²) in [6.07, 6.45) is 5.36. The van der Waals surface area contributed by atoms with E-state index in [9.17, 15) is 0 Å². The van der Waals surface area contributed by atoms with Gasteiger partial charge in [-0.25, -0.2) is 4.98 Å². The fraction of sp³-hybridized carbons (Fsp3) is 0.143. The Morgan fingerprint density at radius 1 is 0.553 bits per heavy atom. The Kier molecular flexibility index (Phi) is 9.58. The molecule has 0 aliphatic rings. The minimum atomic E-state index is -0.569. The first-order valence-electron chi connectivity index (χ1n) is 30.6. The molecule has 12 aromatic rings. The minimum absolute atomic E-state index is 0.0396. The van der Waals surface area contributed by atoms with Crippen LogP contribution < -0.4 is 25.7 Å². The number of rotatable bonds is 10. The molecule has 0 aliphatic carbocycles. The zero-order valence-corrected chi connectivity index (χ0v) is 44.1. The molecule has 0 amide bonds. The van der Waals surface area contributed by atoms with Crippen molar-refractivity contribution in [1.29, 1.82) is 0 Å². The number of pyridine rings is 1. The first kappa shape index (κ1) is 37.9. The van der Waals surface area contributed by atoms with Crippen LogP contribution in [0.4, 0.5) is 0 Å². The molecule has 0 aliphatic heterocycles. The Labute approximate surface area is 461 Å². The van der Waals surface area contributed by atoms with Gasteiger partial charge in [-0.1, -0.05) is 216 Å². The van der Waals surface area contributed by atoms with Crippen LogP contribution in [0.3, 0.4) is 0 Å². The minimum Gasteiger partial charge on any atom is -0.458 e. The third-order valence-corrected chi connectivity index (χ3v) is 14.7. The molecule has 12 rings (SSSR count). The Morgan fingerprint density at radius 3 is 1.79 bits per heavy atom. The molecule has 0 saturated carbocycles. The molecule has 5 nitrogen and oxygen atoms in total. The Morgan fingerprint density at radius 2 is 1.16 bits per heavy atom. The van der Waals surface area contributed by atoms with E-state index in [0.717, 1.165) is 33.2 Å². The number of aryl methyl sites for hydroxylation is 6. The predicted octanol–water partition coefficient (Wildman–Crippen LogP) is 15.0. The van der Waals surface area contributed by atoms with Crippen LogP contribution in [-0.2, 0) is 5.41 Å². The molecule has 0 radical (unpaired) electrons. The van der Waals surface area contributed by atoms with Crippen molar-refractivity contribution in [3.8, 4) is 50.9 Å². The second-order valence-corrected chi connectivity index (χ2v) is 21.1. The van der Waals surface area contributed by atoms with Gasteiger partial charge in [-0.3, -0.25) is 13.7 Å². The number of aromatic nitrogens is 4. The van der Waals surface area contributed by atoms with E-state index >= 15 is 0 Å². The summed E-state index contributed by atoms with van der Waals surface area (Å²) in [5.74, 6) is 1.86. The highest BCUT2D eigenvalue weighted by atomic mass is 16.5. The third kappa shape index (κ3) is 8.68. The lowest BCUT2D eigenvalue weighted by atomic mass is 9.34. The number of benzene rings is 9. The molecule has 76 heavy (non-hydrogen) atoms. The average molecular weight is 995 g/mol. The Balaban J connectivity index is 1.02. The molecule has 0 unspecified atom stereocenters. The van der Waals surface area contributed by atoms with Gasteiger partial charge in [0.15, 0.2) is 0 Å². The van der Waals surface area contributed by atoms with E-state index in [4.69, 9.17) is 23.4 Å². The highest BCUT2D eigenvalue weighted by molar-refractivity contribution is 6.96. The van der Waals surface area contributed by atoms with E-state index < -0.39 is 60.4 Å². The Bertz CT molecular complexity index is 4580. The molecule has 9 aromatic carbocycles. The van der Waals surface area contributed by atoms with E-state index in [0.29, 0.717) is 28.2 Å². The van der Waals surface area contributed by atoms with Gasteiger partial charge in [0, 0.05) is 23.0 Å². The largest absolute Gasteiger partial charge is 0.458 e. The molecule has 6 heteroatoms. The molecule has 3 heterocycles. The molecule has 0 atom stereocenters. The van der Waals surface area contributed by atoms with Gasteiger partial charge < -0.3 is 4.74 Å². The number of nitrogens with zero attached hydrogens (tertiary/aromatic N) is 4. The maximum atomic E-state index is 9.11. The molecular weight excluding hydrogens is 924 g/mol. The summed E-state index contributed by atoms with van der Waals surface area (Å²) < 4.78 is 100. The van der Waals surface area contributed by atoms with E-state index in [-0.39, 0.29) is 40.1 Å². The summed E-state index contributed by atoms with van der Waals surface area (Å²) in [7, 11) is 0. The highest BCUT2D eigenvalue weighted by Gasteiger charge is 2.30. The summed E-state index contributed by atoms with van der Waals surface area (Å²) in [5.41, 5.74) is 16.3. The zero-order valence-electron chi connectivity index (χ0n) is 54.1. The normalized spacial score (nSPS) is 13.6. The molecule has 3 aromatic heterocycles. The number of ether oxygens (including phenoxy) is 1. The van der Waals surface area contributed by atoms with Crippen LogP contribution >= 0.6 is 0 Å². The fourth-order valence-corrected chi connectivity index (χ4v) is 11.5. The lowest BCUT2D eigenvalue weighted by molar-refractivity contribution is -0.571. The van der Waals surface area contributed by atoms with Crippen LogP contribution in [0.1, 0.15) is 73.4 Å². The second-order valence-electron chi connectivity index (χ2n) is 21.1. The van der Waals surface area contributed by atoms with E-state index in [2.05, 4.69) is 140 Å². The SMILES string of the molecule is [2H]c1c([2H])c([2H])c(-c2cccc(-c3c([2H])c([2H])c([2H])c([2H])c3[2H])c2-[n+]2[c-]n(-c3cccc(Oc4ccc5c6cc(B(c7c(C)cc(C)cc7C)c7c(C)cc(C)cc7C)ccc6n(-c6cc(C(C)(C)C)ccn6)c5c4)c3)c3ccccc32)c([2H])c1[2H]. The van der Waals surface area contributed by atoms with Gasteiger partial charge in [0.1, 0.15) is 17.3 Å². The van der Waals surface area contributed by atoms with E-state index in [1.54, 1.807) is 22.8 Å². The third-order valence-electron chi connectivity index (χ3n) is 14.7. The smallest absolute Gasteiger partial charge is 0.269 e. The molecular formula is C70H61BN4O. The topological polar surface area (TPSA) is 35.9 Å². The van der Waals surface area contributed by atoms with Crippen LogP contribution in [0.2, 0.25) is 0 Å². The van der Waals surface area contributed by atoms with Crippen molar-refractivity contribution in [2.24, 2.45) is 0 Å².